The predicted molar refractivity (Wildman–Crippen MR) is 122 cm³/mol. The molecule has 0 aromatic heterocycles. The molecule has 0 bridgehead atoms. The van der Waals surface area contributed by atoms with Crippen LogP contribution in [0.3, 0.4) is 0 Å². The lowest BCUT2D eigenvalue weighted by molar-refractivity contribution is -0.124. The minimum atomic E-state index is -1.88. The van der Waals surface area contributed by atoms with E-state index in [1.165, 1.54) is 5.56 Å². The van der Waals surface area contributed by atoms with E-state index in [2.05, 4.69) is 59.8 Å². The number of hydrogen-bond donors (Lipinski definition) is 0. The van der Waals surface area contributed by atoms with Gasteiger partial charge < -0.3 is 4.43 Å². The van der Waals surface area contributed by atoms with Gasteiger partial charge in [-0.3, -0.25) is 4.79 Å². The molecule has 28 heavy (non-hydrogen) atoms. The second-order valence-corrected chi connectivity index (χ2v) is 16.0. The van der Waals surface area contributed by atoms with Gasteiger partial charge in [-0.25, -0.2) is 0 Å². The first-order valence-corrected chi connectivity index (χ1v) is 14.1. The Kier molecular flexibility index (Phi) is 7.61. The molecular weight excluding hydrogens is 384 g/mol. The average Bonchev–Trinajstić information content (AvgIpc) is 2.57. The van der Waals surface area contributed by atoms with Crippen molar-refractivity contribution in [3.8, 4) is 0 Å². The van der Waals surface area contributed by atoms with Crippen LogP contribution in [0.15, 0.2) is 24.3 Å². The lowest BCUT2D eigenvalue weighted by Crippen LogP contribution is -2.41. The van der Waals surface area contributed by atoms with Gasteiger partial charge in [-0.05, 0) is 66.4 Å². The monoisotopic (exact) mass is 422 g/mol. The second-order valence-electron chi connectivity index (χ2n) is 10.8. The first kappa shape index (κ1) is 23.6. The smallest absolute Gasteiger partial charge is 0.192 e. The fourth-order valence-corrected chi connectivity index (χ4v) is 5.31. The summed E-state index contributed by atoms with van der Waals surface area (Å²) in [7, 11) is -1.88. The van der Waals surface area contributed by atoms with Gasteiger partial charge in [-0.2, -0.15) is 0 Å². The molecule has 0 aliphatic heterocycles. The Hall–Kier alpha value is -0.643. The molecule has 0 N–H and O–H groups in total. The number of hydrogen-bond acceptors (Lipinski definition) is 2. The van der Waals surface area contributed by atoms with E-state index in [4.69, 9.17) is 16.0 Å². The number of Topliss-reactive ketones (excluding diaryl/α,β-unsaturated/α-hetero) is 1. The molecule has 1 unspecified atom stereocenters. The van der Waals surface area contributed by atoms with Crippen molar-refractivity contribution in [2.45, 2.75) is 97.4 Å². The van der Waals surface area contributed by atoms with Crippen LogP contribution in [0, 0.1) is 11.3 Å². The van der Waals surface area contributed by atoms with Gasteiger partial charge in [0.25, 0.3) is 0 Å². The Morgan fingerprint density at radius 3 is 2.39 bits per heavy atom. The summed E-state index contributed by atoms with van der Waals surface area (Å²) in [5, 5.41) is 0.937. The largest absolute Gasteiger partial charge is 0.410 e. The molecule has 0 spiro atoms. The van der Waals surface area contributed by atoms with E-state index >= 15 is 0 Å². The number of ketones is 1. The molecule has 0 saturated heterocycles. The Morgan fingerprint density at radius 2 is 1.82 bits per heavy atom. The zero-order chi connectivity index (χ0) is 21.2. The summed E-state index contributed by atoms with van der Waals surface area (Å²) in [4.78, 5) is 12.0. The van der Waals surface area contributed by atoms with Crippen molar-refractivity contribution in [3.63, 3.8) is 0 Å². The van der Waals surface area contributed by atoms with Crippen LogP contribution in [-0.2, 0) is 9.22 Å². The topological polar surface area (TPSA) is 26.3 Å². The highest BCUT2D eigenvalue weighted by molar-refractivity contribution is 6.74. The van der Waals surface area contributed by atoms with E-state index in [1.807, 2.05) is 12.1 Å². The molecule has 0 radical (unpaired) electrons. The Balaban J connectivity index is 2.09. The number of benzene rings is 1. The molecule has 4 heteroatoms. The van der Waals surface area contributed by atoms with Gasteiger partial charge in [0, 0.05) is 17.9 Å². The standard InChI is InChI=1S/C24H39ClO2Si/c1-23(2,3)28(6,7)27-22(18-11-13-20(25)14-12-18)10-8-9-19-17-21(26)15-16-24(19,4)5/h11-14,19,22H,8-10,15-17H2,1-7H3/t19-,22?/m1/s1. The van der Waals surface area contributed by atoms with Gasteiger partial charge in [0.05, 0.1) is 6.10 Å². The van der Waals surface area contributed by atoms with E-state index < -0.39 is 8.32 Å². The van der Waals surface area contributed by atoms with Crippen molar-refractivity contribution in [2.24, 2.45) is 11.3 Å². The van der Waals surface area contributed by atoms with Crippen LogP contribution in [0.25, 0.3) is 0 Å². The summed E-state index contributed by atoms with van der Waals surface area (Å²) in [5.41, 5.74) is 1.48. The van der Waals surface area contributed by atoms with Gasteiger partial charge in [-0.15, -0.1) is 0 Å². The highest BCUT2D eigenvalue weighted by atomic mass is 35.5. The maximum Gasteiger partial charge on any atom is 0.192 e. The van der Waals surface area contributed by atoms with E-state index in [9.17, 15) is 4.79 Å². The summed E-state index contributed by atoms with van der Waals surface area (Å²) in [6.07, 6.45) is 5.81. The Bertz CT molecular complexity index is 658. The Morgan fingerprint density at radius 1 is 1.21 bits per heavy atom. The quantitative estimate of drug-likeness (QED) is 0.416. The molecule has 1 fully saturated rings. The third kappa shape index (κ3) is 6.18. The van der Waals surface area contributed by atoms with Gasteiger partial charge in [0.15, 0.2) is 8.32 Å². The molecular formula is C24H39ClO2Si. The van der Waals surface area contributed by atoms with Crippen molar-refractivity contribution >= 4 is 25.7 Å². The van der Waals surface area contributed by atoms with Crippen LogP contribution in [0.5, 0.6) is 0 Å². The lowest BCUT2D eigenvalue weighted by Gasteiger charge is -2.40. The molecule has 1 saturated carbocycles. The molecule has 1 aromatic carbocycles. The van der Waals surface area contributed by atoms with Gasteiger partial charge in [0.2, 0.25) is 0 Å². The molecule has 0 heterocycles. The van der Waals surface area contributed by atoms with Crippen LogP contribution in [0.2, 0.25) is 23.2 Å². The number of rotatable bonds is 7. The zero-order valence-electron chi connectivity index (χ0n) is 18.9. The molecule has 1 aliphatic rings. The first-order valence-electron chi connectivity index (χ1n) is 10.8. The minimum Gasteiger partial charge on any atom is -0.410 e. The summed E-state index contributed by atoms with van der Waals surface area (Å²) in [6.45, 7) is 16.1. The van der Waals surface area contributed by atoms with E-state index in [-0.39, 0.29) is 16.6 Å². The van der Waals surface area contributed by atoms with Crippen LogP contribution in [0.1, 0.15) is 84.8 Å². The SMILES string of the molecule is CC1(C)CCC(=O)C[C@H]1CCCC(O[Si](C)(C)C(C)(C)C)c1ccc(Cl)cc1. The van der Waals surface area contributed by atoms with E-state index in [1.54, 1.807) is 0 Å². The zero-order valence-corrected chi connectivity index (χ0v) is 20.7. The fraction of sp³-hybridized carbons (Fsp3) is 0.708. The summed E-state index contributed by atoms with van der Waals surface area (Å²) in [6, 6.07) is 8.13. The number of carbonyl (C=O) groups excluding carboxylic acids is 1. The molecule has 2 rings (SSSR count). The molecule has 2 atom stereocenters. The normalized spacial score (nSPS) is 21.6. The predicted octanol–water partition coefficient (Wildman–Crippen LogP) is 7.97. The Labute approximate surface area is 178 Å². The molecule has 0 amide bonds. The van der Waals surface area contributed by atoms with Crippen molar-refractivity contribution < 1.29 is 9.22 Å². The average molecular weight is 423 g/mol. The summed E-state index contributed by atoms with van der Waals surface area (Å²) < 4.78 is 6.82. The van der Waals surface area contributed by atoms with Gasteiger partial charge >= 0.3 is 0 Å². The molecule has 1 aromatic rings. The summed E-state index contributed by atoms with van der Waals surface area (Å²) >= 11 is 6.11. The third-order valence-corrected chi connectivity index (χ3v) is 11.9. The molecule has 2 nitrogen and oxygen atoms in total. The molecule has 158 valence electrons. The van der Waals surface area contributed by atoms with Gasteiger partial charge in [0.1, 0.15) is 5.78 Å². The van der Waals surface area contributed by atoms with Gasteiger partial charge in [-0.1, -0.05) is 64.8 Å². The van der Waals surface area contributed by atoms with E-state index in [0.717, 1.165) is 43.5 Å². The van der Waals surface area contributed by atoms with Crippen LogP contribution in [-0.4, -0.2) is 14.1 Å². The number of halogens is 1. The van der Waals surface area contributed by atoms with Crippen molar-refractivity contribution in [1.82, 2.24) is 0 Å². The highest BCUT2D eigenvalue weighted by Gasteiger charge is 2.40. The lowest BCUT2D eigenvalue weighted by atomic mass is 9.66. The minimum absolute atomic E-state index is 0.0977. The van der Waals surface area contributed by atoms with Crippen LogP contribution >= 0.6 is 11.6 Å². The maximum absolute atomic E-state index is 12.0. The second kappa shape index (κ2) is 9.02. The van der Waals surface area contributed by atoms with Crippen LogP contribution in [0.4, 0.5) is 0 Å². The fourth-order valence-electron chi connectivity index (χ4n) is 3.86. The van der Waals surface area contributed by atoms with E-state index in [0.29, 0.717) is 11.7 Å². The summed E-state index contributed by atoms with van der Waals surface area (Å²) in [5.74, 6) is 0.934. The highest BCUT2D eigenvalue weighted by Crippen LogP contribution is 2.44. The third-order valence-electron chi connectivity index (χ3n) is 7.13. The maximum atomic E-state index is 12.0. The van der Waals surface area contributed by atoms with Crippen molar-refractivity contribution in [1.29, 1.82) is 0 Å². The van der Waals surface area contributed by atoms with Crippen molar-refractivity contribution in [2.75, 3.05) is 0 Å². The van der Waals surface area contributed by atoms with Crippen LogP contribution < -0.4 is 0 Å². The van der Waals surface area contributed by atoms with Crippen molar-refractivity contribution in [3.05, 3.63) is 34.9 Å². The first-order chi connectivity index (χ1) is 12.8. The molecule has 1 aliphatic carbocycles. The number of carbonyl (C=O) groups is 1.